The molecule has 1 atom stereocenters. The normalized spacial score (nSPS) is 15.0. The van der Waals surface area contributed by atoms with Gasteiger partial charge in [0, 0.05) is 43.0 Å². The summed E-state index contributed by atoms with van der Waals surface area (Å²) >= 11 is 0. The lowest BCUT2D eigenvalue weighted by molar-refractivity contribution is 0.412. The molecule has 28 heavy (non-hydrogen) atoms. The highest BCUT2D eigenvalue weighted by atomic mass is 15.3. The maximum Gasteiger partial charge on any atom is 0.149 e. The Labute approximate surface area is 162 Å². The highest BCUT2D eigenvalue weighted by molar-refractivity contribution is 5.68. The van der Waals surface area contributed by atoms with Gasteiger partial charge in [0.15, 0.2) is 0 Å². The van der Waals surface area contributed by atoms with Gasteiger partial charge in [0.1, 0.15) is 11.5 Å². The summed E-state index contributed by atoms with van der Waals surface area (Å²) in [6.45, 7) is 2.87. The summed E-state index contributed by atoms with van der Waals surface area (Å²) in [5.74, 6) is 1.34. The first-order chi connectivity index (χ1) is 13.8. The van der Waals surface area contributed by atoms with Crippen LogP contribution in [0.1, 0.15) is 32.2 Å². The van der Waals surface area contributed by atoms with Gasteiger partial charge < -0.3 is 0 Å². The Hall–Kier alpha value is -3.47. The number of imidazole rings is 1. The van der Waals surface area contributed by atoms with Crippen LogP contribution in [-0.4, -0.2) is 33.9 Å². The molecule has 1 fully saturated rings. The third kappa shape index (κ3) is 2.85. The van der Waals surface area contributed by atoms with Crippen LogP contribution in [0.3, 0.4) is 0 Å². The van der Waals surface area contributed by atoms with Crippen LogP contribution in [0.5, 0.6) is 0 Å². The van der Waals surface area contributed by atoms with Crippen molar-refractivity contribution in [3.05, 3.63) is 43.2 Å². The van der Waals surface area contributed by atoms with E-state index < -0.39 is 0 Å². The summed E-state index contributed by atoms with van der Waals surface area (Å²) < 4.78 is 5.78. The molecule has 5 rings (SSSR count). The van der Waals surface area contributed by atoms with Gasteiger partial charge in [-0.2, -0.15) is 15.5 Å². The monoisotopic (exact) mass is 372 g/mol. The second-order valence-corrected chi connectivity index (χ2v) is 7.18. The Kier molecular flexibility index (Phi) is 3.93. The molecule has 0 bridgehead atoms. The molecule has 140 valence electrons. The number of aryl methyl sites for hydroxylation is 1. The molecule has 1 saturated carbocycles. The van der Waals surface area contributed by atoms with Crippen molar-refractivity contribution in [1.29, 1.82) is 5.26 Å². The van der Waals surface area contributed by atoms with Gasteiger partial charge in [-0.1, -0.05) is 0 Å². The number of hydrogen-bond donors (Lipinski definition) is 0. The van der Waals surface area contributed by atoms with Gasteiger partial charge in [-0.15, -0.1) is 0 Å². The van der Waals surface area contributed by atoms with Gasteiger partial charge in [0.25, 0.3) is 0 Å². The molecule has 1 aliphatic carbocycles. The summed E-state index contributed by atoms with van der Waals surface area (Å²) in [7, 11) is 0. The molecule has 1 aliphatic rings. The summed E-state index contributed by atoms with van der Waals surface area (Å²) in [6.07, 6.45) is 14.1. The Morgan fingerprint density at radius 1 is 1.21 bits per heavy atom. The lowest BCUT2D eigenvalue weighted by Crippen LogP contribution is -2.11. The van der Waals surface area contributed by atoms with E-state index >= 15 is 0 Å². The molecule has 4 heterocycles. The number of aromatic nitrogens is 7. The molecule has 4 aromatic rings. The number of nitrogens with zero attached hydrogens (tertiary/aromatic N) is 8. The average molecular weight is 372 g/mol. The number of nitriles is 1. The zero-order chi connectivity index (χ0) is 19.1. The predicted molar refractivity (Wildman–Crippen MR) is 103 cm³/mol. The highest BCUT2D eigenvalue weighted by Gasteiger charge is 2.33. The molecule has 0 aromatic carbocycles. The molecule has 0 spiro atoms. The van der Waals surface area contributed by atoms with Gasteiger partial charge in [-0.05, 0) is 25.7 Å². The number of rotatable bonds is 6. The molecule has 0 saturated heterocycles. The van der Waals surface area contributed by atoms with Crippen LogP contribution in [0, 0.1) is 17.2 Å². The minimum absolute atomic E-state index is 0.142. The lowest BCUT2D eigenvalue weighted by Gasteiger charge is -2.12. The zero-order valence-electron chi connectivity index (χ0n) is 15.6. The lowest BCUT2D eigenvalue weighted by atomic mass is 10.1. The van der Waals surface area contributed by atoms with Gasteiger partial charge in [-0.3, -0.25) is 13.8 Å². The fourth-order valence-electron chi connectivity index (χ4n) is 3.63. The third-order valence-electron chi connectivity index (χ3n) is 5.31. The van der Waals surface area contributed by atoms with Crippen molar-refractivity contribution in [3.8, 4) is 28.7 Å². The van der Waals surface area contributed by atoms with E-state index in [9.17, 15) is 5.26 Å². The van der Waals surface area contributed by atoms with Crippen LogP contribution in [0.4, 0.5) is 0 Å². The van der Waals surface area contributed by atoms with Crippen molar-refractivity contribution in [3.63, 3.8) is 0 Å². The maximum atomic E-state index is 9.17. The Morgan fingerprint density at radius 2 is 2.07 bits per heavy atom. The quantitative estimate of drug-likeness (QED) is 0.518. The van der Waals surface area contributed by atoms with Crippen molar-refractivity contribution in [1.82, 2.24) is 33.9 Å². The summed E-state index contributed by atoms with van der Waals surface area (Å²) in [6, 6.07) is 4.41. The van der Waals surface area contributed by atoms with E-state index in [2.05, 4.69) is 28.2 Å². The molecule has 0 radical (unpaired) electrons. The van der Waals surface area contributed by atoms with E-state index in [1.54, 1.807) is 6.20 Å². The largest absolute Gasteiger partial charge is 0.284 e. The first-order valence-corrected chi connectivity index (χ1v) is 9.55. The minimum atomic E-state index is 0.142. The molecule has 0 aliphatic heterocycles. The molecular weight excluding hydrogens is 352 g/mol. The maximum absolute atomic E-state index is 9.17. The molecule has 0 amide bonds. The van der Waals surface area contributed by atoms with Crippen LogP contribution >= 0.6 is 0 Å². The molecule has 4 aromatic heterocycles. The Balaban J connectivity index is 1.59. The fourth-order valence-corrected chi connectivity index (χ4v) is 3.63. The number of hydrogen-bond acceptors (Lipinski definition) is 5. The van der Waals surface area contributed by atoms with Gasteiger partial charge in [0.2, 0.25) is 0 Å². The van der Waals surface area contributed by atoms with Crippen molar-refractivity contribution < 1.29 is 0 Å². The van der Waals surface area contributed by atoms with Gasteiger partial charge in [0.05, 0.1) is 42.2 Å². The first kappa shape index (κ1) is 16.7. The van der Waals surface area contributed by atoms with Crippen LogP contribution in [0.2, 0.25) is 0 Å². The fraction of sp³-hybridized carbons (Fsp3) is 0.350. The van der Waals surface area contributed by atoms with Crippen LogP contribution in [-0.2, 0) is 6.54 Å². The van der Waals surface area contributed by atoms with E-state index in [1.165, 1.54) is 12.8 Å². The molecular formula is C20H20N8. The molecule has 1 unspecified atom stereocenters. The van der Waals surface area contributed by atoms with Gasteiger partial charge >= 0.3 is 0 Å². The molecule has 8 nitrogen and oxygen atoms in total. The SMILES string of the molecule is CCn1cc(-c2cc3nccn3c(-c3cnn(C(CC#N)C4CC4)c3)n2)cn1. The third-order valence-corrected chi connectivity index (χ3v) is 5.31. The Morgan fingerprint density at radius 3 is 2.82 bits per heavy atom. The van der Waals surface area contributed by atoms with Crippen molar-refractivity contribution >= 4 is 5.65 Å². The van der Waals surface area contributed by atoms with Crippen molar-refractivity contribution in [2.45, 2.75) is 38.8 Å². The average Bonchev–Trinajstić information content (AvgIpc) is 3.14. The standard InChI is InChI=1S/C20H20N8/c1-2-26-12-15(10-23-26)17-9-19-22-7-8-27(19)20(25-17)16-11-24-28(13-16)18(5-6-21)14-3-4-14/h7-14,18H,2-5H2,1H3. The van der Waals surface area contributed by atoms with Crippen LogP contribution < -0.4 is 0 Å². The minimum Gasteiger partial charge on any atom is -0.284 e. The van der Waals surface area contributed by atoms with Crippen LogP contribution in [0.15, 0.2) is 43.2 Å². The van der Waals surface area contributed by atoms with Crippen molar-refractivity contribution in [2.24, 2.45) is 5.92 Å². The smallest absolute Gasteiger partial charge is 0.149 e. The van der Waals surface area contributed by atoms with E-state index in [4.69, 9.17) is 4.98 Å². The summed E-state index contributed by atoms with van der Waals surface area (Å²) in [5, 5.41) is 18.1. The summed E-state index contributed by atoms with van der Waals surface area (Å²) in [4.78, 5) is 9.34. The summed E-state index contributed by atoms with van der Waals surface area (Å²) in [5.41, 5.74) is 3.53. The zero-order valence-corrected chi connectivity index (χ0v) is 15.6. The molecule has 0 N–H and O–H groups in total. The van der Waals surface area contributed by atoms with Crippen molar-refractivity contribution in [2.75, 3.05) is 0 Å². The second kappa shape index (κ2) is 6.60. The second-order valence-electron chi connectivity index (χ2n) is 7.18. The highest BCUT2D eigenvalue weighted by Crippen LogP contribution is 2.41. The van der Waals surface area contributed by atoms with Crippen LogP contribution in [0.25, 0.3) is 28.3 Å². The van der Waals surface area contributed by atoms with E-state index in [-0.39, 0.29) is 6.04 Å². The predicted octanol–water partition coefficient (Wildman–Crippen LogP) is 3.34. The van der Waals surface area contributed by atoms with E-state index in [1.807, 2.05) is 50.8 Å². The number of fused-ring (bicyclic) bond motifs is 1. The Bertz CT molecular complexity index is 1170. The van der Waals surface area contributed by atoms with E-state index in [0.717, 1.165) is 34.8 Å². The first-order valence-electron chi connectivity index (χ1n) is 9.55. The van der Waals surface area contributed by atoms with E-state index in [0.29, 0.717) is 12.3 Å². The van der Waals surface area contributed by atoms with Gasteiger partial charge in [-0.25, -0.2) is 9.97 Å². The topological polar surface area (TPSA) is 89.6 Å². The molecule has 8 heteroatoms.